The maximum absolute atomic E-state index is 12.5. The number of methoxy groups -OCH3 is 3. The van der Waals surface area contributed by atoms with E-state index in [1.54, 1.807) is 21.3 Å². The Bertz CT molecular complexity index is 818. The number of rotatable bonds is 6. The summed E-state index contributed by atoms with van der Waals surface area (Å²) in [6.07, 6.45) is 0.993. The molecule has 136 valence electrons. The Kier molecular flexibility index (Phi) is 5.41. The summed E-state index contributed by atoms with van der Waals surface area (Å²) in [5.41, 5.74) is 2.58. The van der Waals surface area contributed by atoms with Gasteiger partial charge in [-0.3, -0.25) is 4.79 Å². The van der Waals surface area contributed by atoms with Gasteiger partial charge in [-0.15, -0.1) is 0 Å². The molecule has 3 rings (SSSR count). The highest BCUT2D eigenvalue weighted by Crippen LogP contribution is 2.40. The van der Waals surface area contributed by atoms with Crippen LogP contribution in [0.15, 0.2) is 47.6 Å². The van der Waals surface area contributed by atoms with Gasteiger partial charge in [-0.1, -0.05) is 30.3 Å². The first-order chi connectivity index (χ1) is 12.7. The lowest BCUT2D eigenvalue weighted by Crippen LogP contribution is -2.25. The first-order valence-electron chi connectivity index (χ1n) is 8.39. The molecule has 0 aliphatic carbocycles. The lowest BCUT2D eigenvalue weighted by atomic mass is 10.1. The van der Waals surface area contributed by atoms with Crippen molar-refractivity contribution in [3.8, 4) is 17.2 Å². The van der Waals surface area contributed by atoms with E-state index in [1.807, 2.05) is 42.5 Å². The van der Waals surface area contributed by atoms with Gasteiger partial charge < -0.3 is 14.2 Å². The van der Waals surface area contributed by atoms with Crippen molar-refractivity contribution in [1.82, 2.24) is 5.01 Å². The summed E-state index contributed by atoms with van der Waals surface area (Å²) in [5.74, 6) is 1.64. The Balaban J connectivity index is 1.84. The Morgan fingerprint density at radius 3 is 2.38 bits per heavy atom. The molecule has 0 bridgehead atoms. The van der Waals surface area contributed by atoms with Gasteiger partial charge in [-0.25, -0.2) is 5.01 Å². The molecule has 1 amide bonds. The van der Waals surface area contributed by atoms with Crippen molar-refractivity contribution < 1.29 is 19.0 Å². The maximum atomic E-state index is 12.5. The average molecular weight is 354 g/mol. The van der Waals surface area contributed by atoms with E-state index in [0.717, 1.165) is 16.8 Å². The Morgan fingerprint density at radius 1 is 1.00 bits per heavy atom. The van der Waals surface area contributed by atoms with Gasteiger partial charge in [0, 0.05) is 12.0 Å². The minimum Gasteiger partial charge on any atom is -0.493 e. The third-order valence-corrected chi connectivity index (χ3v) is 4.30. The van der Waals surface area contributed by atoms with E-state index in [2.05, 4.69) is 5.10 Å². The van der Waals surface area contributed by atoms with Gasteiger partial charge in [-0.2, -0.15) is 5.10 Å². The van der Waals surface area contributed by atoms with Gasteiger partial charge in [0.05, 0.1) is 40.0 Å². The Labute approximate surface area is 153 Å². The molecule has 0 saturated carbocycles. The summed E-state index contributed by atoms with van der Waals surface area (Å²) in [6, 6.07) is 13.4. The predicted octanol–water partition coefficient (Wildman–Crippen LogP) is 2.89. The van der Waals surface area contributed by atoms with E-state index in [0.29, 0.717) is 36.6 Å². The van der Waals surface area contributed by atoms with Crippen molar-refractivity contribution in [2.24, 2.45) is 5.10 Å². The molecule has 0 atom stereocenters. The molecule has 6 heteroatoms. The number of ether oxygens (including phenoxy) is 3. The number of carbonyl (C=O) groups is 1. The Hall–Kier alpha value is -3.02. The topological polar surface area (TPSA) is 60.4 Å². The van der Waals surface area contributed by atoms with E-state index >= 15 is 0 Å². The second kappa shape index (κ2) is 7.91. The van der Waals surface area contributed by atoms with Gasteiger partial charge in [0.1, 0.15) is 0 Å². The zero-order chi connectivity index (χ0) is 18.5. The van der Waals surface area contributed by atoms with Gasteiger partial charge in [-0.05, 0) is 17.7 Å². The molecule has 0 unspecified atom stereocenters. The summed E-state index contributed by atoms with van der Waals surface area (Å²) in [5, 5.41) is 6.04. The first kappa shape index (κ1) is 17.8. The number of benzene rings is 2. The summed E-state index contributed by atoms with van der Waals surface area (Å²) < 4.78 is 16.3. The summed E-state index contributed by atoms with van der Waals surface area (Å²) in [4.78, 5) is 12.5. The molecule has 26 heavy (non-hydrogen) atoms. The molecule has 0 fully saturated rings. The van der Waals surface area contributed by atoms with Crippen LogP contribution in [-0.2, 0) is 11.2 Å². The van der Waals surface area contributed by atoms with E-state index in [-0.39, 0.29) is 5.91 Å². The quantitative estimate of drug-likeness (QED) is 0.800. The molecule has 2 aromatic carbocycles. The maximum Gasteiger partial charge on any atom is 0.247 e. The number of nitrogens with zero attached hydrogens (tertiary/aromatic N) is 2. The number of hydrogen-bond donors (Lipinski definition) is 0. The number of hydrazone groups is 1. The van der Waals surface area contributed by atoms with Crippen molar-refractivity contribution in [3.63, 3.8) is 0 Å². The van der Waals surface area contributed by atoms with Crippen LogP contribution in [0, 0.1) is 0 Å². The largest absolute Gasteiger partial charge is 0.493 e. The van der Waals surface area contributed by atoms with Crippen LogP contribution in [0.2, 0.25) is 0 Å². The van der Waals surface area contributed by atoms with E-state index in [4.69, 9.17) is 14.2 Å². The van der Waals surface area contributed by atoms with E-state index in [9.17, 15) is 4.79 Å². The lowest BCUT2D eigenvalue weighted by Gasteiger charge is -2.15. The van der Waals surface area contributed by atoms with E-state index in [1.165, 1.54) is 5.01 Å². The predicted molar refractivity (Wildman–Crippen MR) is 99.1 cm³/mol. The minimum atomic E-state index is -0.0226. The minimum absolute atomic E-state index is 0.0226. The summed E-state index contributed by atoms with van der Waals surface area (Å²) >= 11 is 0. The third-order valence-electron chi connectivity index (χ3n) is 4.30. The van der Waals surface area contributed by atoms with Crippen LogP contribution < -0.4 is 14.2 Å². The normalized spacial score (nSPS) is 13.3. The van der Waals surface area contributed by atoms with Gasteiger partial charge >= 0.3 is 0 Å². The second-order valence-corrected chi connectivity index (χ2v) is 5.86. The average Bonchev–Trinajstić information content (AvgIpc) is 3.17. The molecule has 1 aliphatic heterocycles. The van der Waals surface area contributed by atoms with Crippen molar-refractivity contribution in [2.45, 2.75) is 12.8 Å². The molecular formula is C20H22N2O4. The number of carbonyl (C=O) groups excluding carboxylic acids is 1. The standard InChI is InChI=1S/C20H22N2O4/c1-24-17-10-9-15(19(25-2)20(17)26-3)16-11-12-22(21-16)18(23)13-14-7-5-4-6-8-14/h4-10H,11-13H2,1-3H3. The van der Waals surface area contributed by atoms with Gasteiger partial charge in [0.2, 0.25) is 11.7 Å². The molecule has 0 spiro atoms. The summed E-state index contributed by atoms with van der Waals surface area (Å²) in [7, 11) is 4.72. The van der Waals surface area contributed by atoms with Crippen LogP contribution in [0.5, 0.6) is 17.2 Å². The zero-order valence-electron chi connectivity index (χ0n) is 15.2. The van der Waals surface area contributed by atoms with Crippen LogP contribution in [0.1, 0.15) is 17.5 Å². The highest BCUT2D eigenvalue weighted by atomic mass is 16.5. The lowest BCUT2D eigenvalue weighted by molar-refractivity contribution is -0.130. The smallest absolute Gasteiger partial charge is 0.247 e. The van der Waals surface area contributed by atoms with Crippen molar-refractivity contribution in [3.05, 3.63) is 53.6 Å². The fourth-order valence-electron chi connectivity index (χ4n) is 3.02. The molecule has 0 radical (unpaired) electrons. The van der Waals surface area contributed by atoms with Crippen molar-refractivity contribution in [1.29, 1.82) is 0 Å². The summed E-state index contributed by atoms with van der Waals surface area (Å²) in [6.45, 7) is 0.554. The second-order valence-electron chi connectivity index (χ2n) is 5.86. The SMILES string of the molecule is COc1ccc(C2=NN(C(=O)Cc3ccccc3)CC2)c(OC)c1OC. The van der Waals surface area contributed by atoms with E-state index < -0.39 is 0 Å². The Morgan fingerprint density at radius 2 is 1.73 bits per heavy atom. The fourth-order valence-corrected chi connectivity index (χ4v) is 3.02. The van der Waals surface area contributed by atoms with Crippen molar-refractivity contribution in [2.75, 3.05) is 27.9 Å². The third kappa shape index (κ3) is 3.49. The number of hydrogen-bond acceptors (Lipinski definition) is 5. The highest BCUT2D eigenvalue weighted by Gasteiger charge is 2.26. The van der Waals surface area contributed by atoms with Crippen molar-refractivity contribution >= 4 is 11.6 Å². The zero-order valence-corrected chi connectivity index (χ0v) is 15.2. The molecule has 2 aromatic rings. The first-order valence-corrected chi connectivity index (χ1v) is 8.39. The monoisotopic (exact) mass is 354 g/mol. The highest BCUT2D eigenvalue weighted by molar-refractivity contribution is 6.05. The molecule has 1 aliphatic rings. The van der Waals surface area contributed by atoms with Crippen LogP contribution in [-0.4, -0.2) is 44.5 Å². The molecule has 6 nitrogen and oxygen atoms in total. The van der Waals surface area contributed by atoms with Crippen LogP contribution in [0.25, 0.3) is 0 Å². The van der Waals surface area contributed by atoms with Crippen LogP contribution in [0.4, 0.5) is 0 Å². The van der Waals surface area contributed by atoms with Gasteiger partial charge in [0.15, 0.2) is 11.5 Å². The molecule has 1 heterocycles. The molecule has 0 aromatic heterocycles. The molecule has 0 saturated heterocycles. The van der Waals surface area contributed by atoms with Gasteiger partial charge in [0.25, 0.3) is 0 Å². The molecule has 0 N–H and O–H groups in total. The fraction of sp³-hybridized carbons (Fsp3) is 0.300. The number of amides is 1. The van der Waals surface area contributed by atoms with Crippen LogP contribution in [0.3, 0.4) is 0 Å². The van der Waals surface area contributed by atoms with Crippen LogP contribution >= 0.6 is 0 Å². The molecular weight excluding hydrogens is 332 g/mol.